The maximum absolute atomic E-state index is 13.5. The first-order valence-corrected chi connectivity index (χ1v) is 6.21. The van der Waals surface area contributed by atoms with Crippen LogP contribution in [0.15, 0.2) is 42.6 Å². The number of pyridine rings is 1. The van der Waals surface area contributed by atoms with Crippen LogP contribution in [0, 0.1) is 5.95 Å². The van der Waals surface area contributed by atoms with E-state index in [-0.39, 0.29) is 5.95 Å². The van der Waals surface area contributed by atoms with Crippen molar-refractivity contribution >= 4 is 0 Å². The van der Waals surface area contributed by atoms with Gasteiger partial charge in [0.15, 0.2) is 0 Å². The number of benzene rings is 1. The summed E-state index contributed by atoms with van der Waals surface area (Å²) in [7, 11) is 0. The highest BCUT2D eigenvalue weighted by Crippen LogP contribution is 2.20. The van der Waals surface area contributed by atoms with Crippen LogP contribution in [-0.2, 0) is 19.5 Å². The Labute approximate surface area is 106 Å². The van der Waals surface area contributed by atoms with Crippen LogP contribution in [0.25, 0.3) is 0 Å². The highest BCUT2D eigenvalue weighted by Gasteiger charge is 2.16. The normalized spacial score (nSPS) is 15.4. The summed E-state index contributed by atoms with van der Waals surface area (Å²) in [6.45, 7) is 2.50. The molecule has 3 heteroatoms. The summed E-state index contributed by atoms with van der Waals surface area (Å²) in [5, 5.41) is 0. The third kappa shape index (κ3) is 2.27. The number of hydrogen-bond acceptors (Lipinski definition) is 2. The monoisotopic (exact) mass is 242 g/mol. The highest BCUT2D eigenvalue weighted by atomic mass is 19.1. The fourth-order valence-corrected chi connectivity index (χ4v) is 2.47. The fourth-order valence-electron chi connectivity index (χ4n) is 2.47. The van der Waals surface area contributed by atoms with Crippen molar-refractivity contribution in [1.82, 2.24) is 9.88 Å². The molecular weight excluding hydrogens is 227 g/mol. The van der Waals surface area contributed by atoms with Crippen molar-refractivity contribution in [3.8, 4) is 0 Å². The van der Waals surface area contributed by atoms with Gasteiger partial charge in [0.1, 0.15) is 0 Å². The molecule has 1 aliphatic rings. The smallest absolute Gasteiger partial charge is 0.217 e. The molecule has 2 heterocycles. The minimum absolute atomic E-state index is 0.351. The predicted molar refractivity (Wildman–Crippen MR) is 68.5 cm³/mol. The van der Waals surface area contributed by atoms with Gasteiger partial charge in [0, 0.05) is 31.4 Å². The summed E-state index contributed by atoms with van der Waals surface area (Å²) >= 11 is 0. The maximum Gasteiger partial charge on any atom is 0.217 e. The van der Waals surface area contributed by atoms with E-state index in [0.29, 0.717) is 12.1 Å². The van der Waals surface area contributed by atoms with Crippen molar-refractivity contribution in [3.05, 3.63) is 65.2 Å². The highest BCUT2D eigenvalue weighted by molar-refractivity contribution is 5.29. The third-order valence-corrected chi connectivity index (χ3v) is 3.44. The quantitative estimate of drug-likeness (QED) is 0.753. The van der Waals surface area contributed by atoms with Gasteiger partial charge >= 0.3 is 0 Å². The molecule has 0 atom stereocenters. The molecule has 3 rings (SSSR count). The van der Waals surface area contributed by atoms with Crippen LogP contribution >= 0.6 is 0 Å². The molecule has 0 saturated carbocycles. The van der Waals surface area contributed by atoms with Gasteiger partial charge in [-0.05, 0) is 23.6 Å². The largest absolute Gasteiger partial charge is 0.294 e. The molecule has 92 valence electrons. The molecule has 0 N–H and O–H groups in total. The van der Waals surface area contributed by atoms with Gasteiger partial charge in [0.25, 0.3) is 0 Å². The minimum atomic E-state index is -0.351. The van der Waals surface area contributed by atoms with E-state index in [4.69, 9.17) is 0 Å². The van der Waals surface area contributed by atoms with Gasteiger partial charge in [0.05, 0.1) is 0 Å². The van der Waals surface area contributed by atoms with E-state index >= 15 is 0 Å². The van der Waals surface area contributed by atoms with Gasteiger partial charge in [-0.3, -0.25) is 4.90 Å². The molecule has 0 aliphatic carbocycles. The lowest BCUT2D eigenvalue weighted by Gasteiger charge is -2.28. The second-order valence-electron chi connectivity index (χ2n) is 4.68. The summed E-state index contributed by atoms with van der Waals surface area (Å²) in [5.41, 5.74) is 3.45. The van der Waals surface area contributed by atoms with Crippen molar-refractivity contribution in [1.29, 1.82) is 0 Å². The van der Waals surface area contributed by atoms with E-state index in [1.165, 1.54) is 17.3 Å². The van der Waals surface area contributed by atoms with E-state index in [1.807, 2.05) is 6.07 Å². The van der Waals surface area contributed by atoms with E-state index in [0.717, 1.165) is 19.5 Å². The van der Waals surface area contributed by atoms with Gasteiger partial charge in [-0.1, -0.05) is 30.3 Å². The fraction of sp³-hybridized carbons (Fsp3) is 0.267. The van der Waals surface area contributed by atoms with Crippen molar-refractivity contribution < 1.29 is 4.39 Å². The van der Waals surface area contributed by atoms with Crippen LogP contribution in [0.5, 0.6) is 0 Å². The number of rotatable bonds is 2. The molecule has 2 nitrogen and oxygen atoms in total. The molecule has 0 radical (unpaired) electrons. The van der Waals surface area contributed by atoms with Gasteiger partial charge in [-0.2, -0.15) is 4.39 Å². The Morgan fingerprint density at radius 3 is 2.78 bits per heavy atom. The van der Waals surface area contributed by atoms with Gasteiger partial charge in [-0.25, -0.2) is 4.98 Å². The molecule has 0 saturated heterocycles. The molecule has 2 aromatic rings. The van der Waals surface area contributed by atoms with Gasteiger partial charge in [0.2, 0.25) is 5.95 Å². The molecule has 0 fully saturated rings. The molecule has 1 aromatic carbocycles. The number of hydrogen-bond donors (Lipinski definition) is 0. The first kappa shape index (κ1) is 11.4. The Morgan fingerprint density at radius 1 is 1.11 bits per heavy atom. The molecular formula is C15H15FN2. The maximum atomic E-state index is 13.5. The third-order valence-electron chi connectivity index (χ3n) is 3.44. The predicted octanol–water partition coefficient (Wildman–Crippen LogP) is 2.78. The van der Waals surface area contributed by atoms with Crippen LogP contribution in [0.3, 0.4) is 0 Å². The SMILES string of the molecule is Fc1ncccc1CN1CCc2ccccc2C1. The second kappa shape index (κ2) is 4.86. The summed E-state index contributed by atoms with van der Waals surface area (Å²) in [5.74, 6) is -0.351. The molecule has 0 unspecified atom stereocenters. The standard InChI is InChI=1S/C15H15FN2/c16-15-14(6-3-8-17-15)11-18-9-7-12-4-1-2-5-13(12)10-18/h1-6,8H,7,9-11H2. The first-order chi connectivity index (χ1) is 8.83. The zero-order valence-electron chi connectivity index (χ0n) is 10.1. The number of aromatic nitrogens is 1. The van der Waals surface area contributed by atoms with E-state index < -0.39 is 0 Å². The van der Waals surface area contributed by atoms with E-state index in [1.54, 1.807) is 6.07 Å². The lowest BCUT2D eigenvalue weighted by atomic mass is 9.99. The number of fused-ring (bicyclic) bond motifs is 1. The molecule has 0 bridgehead atoms. The number of halogens is 1. The van der Waals surface area contributed by atoms with Crippen LogP contribution in [0.4, 0.5) is 4.39 Å². The van der Waals surface area contributed by atoms with Crippen molar-refractivity contribution in [2.45, 2.75) is 19.5 Å². The summed E-state index contributed by atoms with van der Waals surface area (Å²) in [6.07, 6.45) is 2.53. The van der Waals surface area contributed by atoms with Crippen molar-refractivity contribution in [2.24, 2.45) is 0 Å². The molecule has 1 aromatic heterocycles. The van der Waals surface area contributed by atoms with Crippen LogP contribution < -0.4 is 0 Å². The van der Waals surface area contributed by atoms with Crippen LogP contribution in [0.2, 0.25) is 0 Å². The topological polar surface area (TPSA) is 16.1 Å². The lowest BCUT2D eigenvalue weighted by Crippen LogP contribution is -2.30. The van der Waals surface area contributed by atoms with E-state index in [9.17, 15) is 4.39 Å². The molecule has 1 aliphatic heterocycles. The molecule has 0 amide bonds. The summed E-state index contributed by atoms with van der Waals surface area (Å²) < 4.78 is 13.5. The number of nitrogens with zero attached hydrogens (tertiary/aromatic N) is 2. The summed E-state index contributed by atoms with van der Waals surface area (Å²) in [6, 6.07) is 12.1. The Balaban J connectivity index is 1.75. The van der Waals surface area contributed by atoms with Crippen LogP contribution in [-0.4, -0.2) is 16.4 Å². The minimum Gasteiger partial charge on any atom is -0.294 e. The average Bonchev–Trinajstić information content (AvgIpc) is 2.41. The van der Waals surface area contributed by atoms with E-state index in [2.05, 4.69) is 34.1 Å². The zero-order valence-corrected chi connectivity index (χ0v) is 10.1. The Morgan fingerprint density at radius 2 is 1.94 bits per heavy atom. The Hall–Kier alpha value is -1.74. The Kier molecular flexibility index (Phi) is 3.07. The second-order valence-corrected chi connectivity index (χ2v) is 4.68. The average molecular weight is 242 g/mol. The lowest BCUT2D eigenvalue weighted by molar-refractivity contribution is 0.241. The summed E-state index contributed by atoms with van der Waals surface area (Å²) in [4.78, 5) is 5.96. The van der Waals surface area contributed by atoms with Gasteiger partial charge < -0.3 is 0 Å². The first-order valence-electron chi connectivity index (χ1n) is 6.21. The van der Waals surface area contributed by atoms with Gasteiger partial charge in [-0.15, -0.1) is 0 Å². The van der Waals surface area contributed by atoms with Crippen molar-refractivity contribution in [2.75, 3.05) is 6.54 Å². The Bertz CT molecular complexity index is 554. The van der Waals surface area contributed by atoms with Crippen LogP contribution in [0.1, 0.15) is 16.7 Å². The molecule has 18 heavy (non-hydrogen) atoms. The van der Waals surface area contributed by atoms with Crippen molar-refractivity contribution in [3.63, 3.8) is 0 Å². The zero-order chi connectivity index (χ0) is 12.4. The molecule has 0 spiro atoms.